The second-order valence-corrected chi connectivity index (χ2v) is 7.64. The molecular formula is C20H23N3O5. The number of aliphatic carboxylic acids is 1. The Labute approximate surface area is 162 Å². The summed E-state index contributed by atoms with van der Waals surface area (Å²) in [6.07, 6.45) is 1.38. The van der Waals surface area contributed by atoms with Crippen molar-refractivity contribution in [3.05, 3.63) is 48.0 Å². The number of carbonyl (C=O) groups is 3. The Hall–Kier alpha value is -2.87. The fraction of sp³-hybridized carbons (Fsp3) is 0.450. The van der Waals surface area contributed by atoms with Gasteiger partial charge in [-0.1, -0.05) is 30.3 Å². The van der Waals surface area contributed by atoms with Gasteiger partial charge in [-0.05, 0) is 17.5 Å². The number of nitrogens with zero attached hydrogens (tertiary/aromatic N) is 1. The molecule has 3 N–H and O–H groups in total. The molecule has 4 rings (SSSR count). The SMILES string of the molecule is C=C[C@@H]1C[C@]1(NC(=O)[C@@H]1C[C@@H](OC(=O)N2Cc3ccccc3C2)CN1)C(=O)O. The Kier molecular flexibility index (Phi) is 4.58. The van der Waals surface area contributed by atoms with E-state index in [0.29, 0.717) is 32.5 Å². The number of hydrogen-bond donors (Lipinski definition) is 3. The minimum Gasteiger partial charge on any atom is -0.479 e. The fourth-order valence-corrected chi connectivity index (χ4v) is 3.99. The van der Waals surface area contributed by atoms with Crippen LogP contribution in [0.15, 0.2) is 36.9 Å². The number of hydrogen-bond acceptors (Lipinski definition) is 5. The van der Waals surface area contributed by atoms with E-state index in [1.54, 1.807) is 11.0 Å². The van der Waals surface area contributed by atoms with Crippen LogP contribution in [0.4, 0.5) is 4.79 Å². The summed E-state index contributed by atoms with van der Waals surface area (Å²) in [5.74, 6) is -1.71. The number of carbonyl (C=O) groups excluding carboxylic acids is 2. The Morgan fingerprint density at radius 3 is 2.54 bits per heavy atom. The van der Waals surface area contributed by atoms with E-state index < -0.39 is 29.7 Å². The number of amides is 2. The summed E-state index contributed by atoms with van der Waals surface area (Å²) in [5.41, 5.74) is 0.971. The minimum absolute atomic E-state index is 0.263. The second kappa shape index (κ2) is 6.94. The van der Waals surface area contributed by atoms with E-state index in [1.165, 1.54) is 0 Å². The van der Waals surface area contributed by atoms with Crippen molar-refractivity contribution in [1.82, 2.24) is 15.5 Å². The van der Waals surface area contributed by atoms with E-state index >= 15 is 0 Å². The van der Waals surface area contributed by atoms with E-state index in [1.807, 2.05) is 24.3 Å². The molecular weight excluding hydrogens is 362 g/mol. The quantitative estimate of drug-likeness (QED) is 0.653. The monoisotopic (exact) mass is 385 g/mol. The summed E-state index contributed by atoms with van der Waals surface area (Å²) < 4.78 is 5.55. The number of fused-ring (bicyclic) bond motifs is 1. The predicted molar refractivity (Wildman–Crippen MR) is 99.2 cm³/mol. The van der Waals surface area contributed by atoms with Crippen molar-refractivity contribution in [2.75, 3.05) is 6.54 Å². The number of benzene rings is 1. The van der Waals surface area contributed by atoms with Crippen LogP contribution in [0, 0.1) is 5.92 Å². The number of rotatable bonds is 5. The molecule has 0 spiro atoms. The first kappa shape index (κ1) is 18.5. The van der Waals surface area contributed by atoms with Crippen molar-refractivity contribution >= 4 is 18.0 Å². The van der Waals surface area contributed by atoms with Gasteiger partial charge < -0.3 is 20.5 Å². The summed E-state index contributed by atoms with van der Waals surface area (Å²) in [7, 11) is 0. The average molecular weight is 385 g/mol. The van der Waals surface area contributed by atoms with Gasteiger partial charge in [0.15, 0.2) is 0 Å². The van der Waals surface area contributed by atoms with Crippen LogP contribution < -0.4 is 10.6 Å². The molecule has 0 aromatic heterocycles. The molecule has 8 heteroatoms. The zero-order chi connectivity index (χ0) is 19.9. The van der Waals surface area contributed by atoms with Crippen LogP contribution in [0.3, 0.4) is 0 Å². The number of nitrogens with one attached hydrogen (secondary N) is 2. The number of carboxylic acids is 1. The molecule has 0 radical (unpaired) electrons. The van der Waals surface area contributed by atoms with Crippen molar-refractivity contribution in [3.63, 3.8) is 0 Å². The first-order valence-corrected chi connectivity index (χ1v) is 9.36. The topological polar surface area (TPSA) is 108 Å². The maximum Gasteiger partial charge on any atom is 0.410 e. The summed E-state index contributed by atoms with van der Waals surface area (Å²) in [6, 6.07) is 7.28. The van der Waals surface area contributed by atoms with Crippen LogP contribution in [-0.4, -0.2) is 52.2 Å². The number of ether oxygens (including phenoxy) is 1. The van der Waals surface area contributed by atoms with Gasteiger partial charge in [0.1, 0.15) is 11.6 Å². The molecule has 4 atom stereocenters. The standard InChI is InChI=1S/C20H23N3O5/c1-2-14-8-20(14,18(25)26)22-17(24)16-7-15(9-21-16)28-19(27)23-10-12-5-3-4-6-13(12)11-23/h2-6,14-16,21H,1,7-11H2,(H,22,24)(H,25,26)/t14-,15-,16+,20-/m1/s1. The highest BCUT2D eigenvalue weighted by Crippen LogP contribution is 2.44. The summed E-state index contributed by atoms with van der Waals surface area (Å²) in [4.78, 5) is 38.1. The van der Waals surface area contributed by atoms with Gasteiger partial charge in [-0.25, -0.2) is 9.59 Å². The van der Waals surface area contributed by atoms with Gasteiger partial charge in [0.25, 0.3) is 0 Å². The molecule has 1 aliphatic carbocycles. The molecule has 3 aliphatic rings. The molecule has 8 nitrogen and oxygen atoms in total. The van der Waals surface area contributed by atoms with E-state index in [2.05, 4.69) is 17.2 Å². The molecule has 0 bridgehead atoms. The largest absolute Gasteiger partial charge is 0.479 e. The van der Waals surface area contributed by atoms with Crippen LogP contribution >= 0.6 is 0 Å². The van der Waals surface area contributed by atoms with Crippen molar-refractivity contribution in [1.29, 1.82) is 0 Å². The molecule has 1 saturated carbocycles. The predicted octanol–water partition coefficient (Wildman–Crippen LogP) is 1.01. The molecule has 28 heavy (non-hydrogen) atoms. The molecule has 2 aliphatic heterocycles. The van der Waals surface area contributed by atoms with Gasteiger partial charge >= 0.3 is 12.1 Å². The molecule has 2 fully saturated rings. The lowest BCUT2D eigenvalue weighted by Gasteiger charge is -2.19. The lowest BCUT2D eigenvalue weighted by molar-refractivity contribution is -0.143. The third-order valence-corrected chi connectivity index (χ3v) is 5.80. The highest BCUT2D eigenvalue weighted by Gasteiger charge is 2.60. The average Bonchev–Trinajstić information content (AvgIpc) is 3.02. The number of carboxylic acid groups (broad SMARTS) is 1. The van der Waals surface area contributed by atoms with E-state index in [9.17, 15) is 19.5 Å². The van der Waals surface area contributed by atoms with E-state index in [0.717, 1.165) is 11.1 Å². The lowest BCUT2D eigenvalue weighted by Crippen LogP contribution is -2.51. The maximum atomic E-state index is 12.5. The third kappa shape index (κ3) is 3.24. The maximum absolute atomic E-state index is 12.5. The summed E-state index contributed by atoms with van der Waals surface area (Å²) in [5, 5.41) is 15.0. The van der Waals surface area contributed by atoms with Crippen molar-refractivity contribution < 1.29 is 24.2 Å². The van der Waals surface area contributed by atoms with Gasteiger partial charge in [0, 0.05) is 32.0 Å². The van der Waals surface area contributed by atoms with Crippen LogP contribution in [-0.2, 0) is 27.4 Å². The molecule has 1 aromatic rings. The zero-order valence-corrected chi connectivity index (χ0v) is 15.4. The van der Waals surface area contributed by atoms with Crippen molar-refractivity contribution in [2.24, 2.45) is 5.92 Å². The smallest absolute Gasteiger partial charge is 0.410 e. The molecule has 1 aromatic carbocycles. The third-order valence-electron chi connectivity index (χ3n) is 5.80. The van der Waals surface area contributed by atoms with Gasteiger partial charge in [0.2, 0.25) is 5.91 Å². The van der Waals surface area contributed by atoms with Gasteiger partial charge in [-0.15, -0.1) is 6.58 Å². The molecule has 1 saturated heterocycles. The summed E-state index contributed by atoms with van der Waals surface area (Å²) >= 11 is 0. The van der Waals surface area contributed by atoms with Gasteiger partial charge in [-0.3, -0.25) is 9.69 Å². The Morgan fingerprint density at radius 2 is 1.96 bits per heavy atom. The van der Waals surface area contributed by atoms with E-state index in [-0.39, 0.29) is 11.8 Å². The zero-order valence-electron chi connectivity index (χ0n) is 15.4. The van der Waals surface area contributed by atoms with Crippen molar-refractivity contribution in [3.8, 4) is 0 Å². The lowest BCUT2D eigenvalue weighted by atomic mass is 10.1. The highest BCUT2D eigenvalue weighted by atomic mass is 16.6. The minimum atomic E-state index is -1.25. The fourth-order valence-electron chi connectivity index (χ4n) is 3.99. The Bertz CT molecular complexity index is 816. The molecule has 148 valence electrons. The van der Waals surface area contributed by atoms with Gasteiger partial charge in [0.05, 0.1) is 6.04 Å². The highest BCUT2D eigenvalue weighted by molar-refractivity contribution is 5.92. The van der Waals surface area contributed by atoms with Gasteiger partial charge in [-0.2, -0.15) is 0 Å². The van der Waals surface area contributed by atoms with E-state index in [4.69, 9.17) is 4.74 Å². The van der Waals surface area contributed by atoms with Crippen LogP contribution in [0.5, 0.6) is 0 Å². The normalized spacial score (nSPS) is 30.4. The summed E-state index contributed by atoms with van der Waals surface area (Å²) in [6.45, 7) is 5.00. The van der Waals surface area contributed by atoms with Crippen LogP contribution in [0.2, 0.25) is 0 Å². The second-order valence-electron chi connectivity index (χ2n) is 7.64. The first-order valence-electron chi connectivity index (χ1n) is 9.36. The Morgan fingerprint density at radius 1 is 1.29 bits per heavy atom. The van der Waals surface area contributed by atoms with Crippen LogP contribution in [0.1, 0.15) is 24.0 Å². The Balaban J connectivity index is 1.29. The molecule has 2 amide bonds. The molecule has 2 heterocycles. The first-order chi connectivity index (χ1) is 13.4. The van der Waals surface area contributed by atoms with Crippen molar-refractivity contribution in [2.45, 2.75) is 43.6 Å². The van der Waals surface area contributed by atoms with Crippen LogP contribution in [0.25, 0.3) is 0 Å². The molecule has 0 unspecified atom stereocenters.